The van der Waals surface area contributed by atoms with E-state index in [1.165, 1.54) is 5.56 Å². The lowest BCUT2D eigenvalue weighted by Gasteiger charge is -2.40. The second-order valence-electron chi connectivity index (χ2n) is 5.43. The van der Waals surface area contributed by atoms with Crippen molar-refractivity contribution in [1.82, 2.24) is 0 Å². The highest BCUT2D eigenvalue weighted by Crippen LogP contribution is 2.46. The molecule has 0 bridgehead atoms. The van der Waals surface area contributed by atoms with E-state index in [-0.39, 0.29) is 5.41 Å². The van der Waals surface area contributed by atoms with Gasteiger partial charge in [0.25, 0.3) is 0 Å². The molecule has 2 heteroatoms. The van der Waals surface area contributed by atoms with Gasteiger partial charge in [0.1, 0.15) is 0 Å². The summed E-state index contributed by atoms with van der Waals surface area (Å²) in [5.74, 6) is -0.584. The first kappa shape index (κ1) is 11.6. The molecule has 16 heavy (non-hydrogen) atoms. The van der Waals surface area contributed by atoms with Crippen molar-refractivity contribution in [3.63, 3.8) is 0 Å². The van der Waals surface area contributed by atoms with Gasteiger partial charge in [0, 0.05) is 11.0 Å². The van der Waals surface area contributed by atoms with Gasteiger partial charge in [-0.15, -0.1) is 0 Å². The maximum atomic E-state index is 5.92. The molecule has 0 spiro atoms. The summed E-state index contributed by atoms with van der Waals surface area (Å²) in [6.45, 7) is 9.90. The first-order valence-electron chi connectivity index (χ1n) is 5.81. The Morgan fingerprint density at radius 3 is 2.25 bits per heavy atom. The minimum atomic E-state index is -0.584. The Bertz CT molecular complexity index is 371. The third-order valence-corrected chi connectivity index (χ3v) is 3.08. The molecule has 0 amide bonds. The minimum absolute atomic E-state index is 0.0721. The predicted octanol–water partition coefficient (Wildman–Crippen LogP) is 3.24. The SMILES string of the molecule is Cc1cccc(C2(C(C)(C)C)OCCO2)c1. The van der Waals surface area contributed by atoms with Crippen molar-refractivity contribution in [2.24, 2.45) is 5.41 Å². The van der Waals surface area contributed by atoms with Crippen LogP contribution in [0.2, 0.25) is 0 Å². The number of rotatable bonds is 1. The Morgan fingerprint density at radius 2 is 1.75 bits per heavy atom. The molecule has 1 aromatic carbocycles. The number of hydrogen-bond donors (Lipinski definition) is 0. The standard InChI is InChI=1S/C14H20O2/c1-11-6-5-7-12(10-11)14(13(2,3)4)15-8-9-16-14/h5-7,10H,8-9H2,1-4H3. The maximum Gasteiger partial charge on any atom is 0.199 e. The summed E-state index contributed by atoms with van der Waals surface area (Å²) in [6.07, 6.45) is 0. The lowest BCUT2D eigenvalue weighted by atomic mass is 9.80. The zero-order chi connectivity index (χ0) is 11.8. The highest BCUT2D eigenvalue weighted by molar-refractivity contribution is 5.28. The van der Waals surface area contributed by atoms with E-state index in [9.17, 15) is 0 Å². The summed E-state index contributed by atoms with van der Waals surface area (Å²) in [6, 6.07) is 8.39. The third kappa shape index (κ3) is 1.76. The average molecular weight is 220 g/mol. The van der Waals surface area contributed by atoms with Crippen molar-refractivity contribution in [3.8, 4) is 0 Å². The van der Waals surface area contributed by atoms with E-state index in [4.69, 9.17) is 9.47 Å². The lowest BCUT2D eigenvalue weighted by molar-refractivity contribution is -0.232. The zero-order valence-electron chi connectivity index (χ0n) is 10.5. The fourth-order valence-corrected chi connectivity index (χ4v) is 2.29. The van der Waals surface area contributed by atoms with Gasteiger partial charge in [-0.3, -0.25) is 0 Å². The first-order valence-corrected chi connectivity index (χ1v) is 5.81. The van der Waals surface area contributed by atoms with Gasteiger partial charge in [0.15, 0.2) is 5.79 Å². The molecule has 0 saturated carbocycles. The largest absolute Gasteiger partial charge is 0.343 e. The van der Waals surface area contributed by atoms with Crippen LogP contribution in [-0.2, 0) is 15.3 Å². The van der Waals surface area contributed by atoms with Gasteiger partial charge in [-0.1, -0.05) is 50.6 Å². The van der Waals surface area contributed by atoms with Crippen molar-refractivity contribution < 1.29 is 9.47 Å². The topological polar surface area (TPSA) is 18.5 Å². The summed E-state index contributed by atoms with van der Waals surface area (Å²) in [4.78, 5) is 0. The molecule has 0 radical (unpaired) electrons. The van der Waals surface area contributed by atoms with E-state index in [0.717, 1.165) is 5.56 Å². The molecule has 0 N–H and O–H groups in total. The molecule has 1 aromatic rings. The van der Waals surface area contributed by atoms with Crippen LogP contribution in [0, 0.1) is 12.3 Å². The molecule has 0 unspecified atom stereocenters. The highest BCUT2D eigenvalue weighted by Gasteiger charge is 2.48. The normalized spacial score (nSPS) is 20.0. The maximum absolute atomic E-state index is 5.92. The van der Waals surface area contributed by atoms with Crippen LogP contribution in [0.25, 0.3) is 0 Å². The third-order valence-electron chi connectivity index (χ3n) is 3.08. The number of aryl methyl sites for hydroxylation is 1. The summed E-state index contributed by atoms with van der Waals surface area (Å²) < 4.78 is 11.8. The minimum Gasteiger partial charge on any atom is -0.343 e. The van der Waals surface area contributed by atoms with Gasteiger partial charge in [-0.25, -0.2) is 0 Å². The Hall–Kier alpha value is -0.860. The van der Waals surface area contributed by atoms with Crippen LogP contribution in [0.15, 0.2) is 24.3 Å². The molecule has 2 rings (SSSR count). The first-order chi connectivity index (χ1) is 7.46. The number of ether oxygens (including phenoxy) is 2. The van der Waals surface area contributed by atoms with Crippen molar-refractivity contribution >= 4 is 0 Å². The average Bonchev–Trinajstić information content (AvgIpc) is 2.66. The van der Waals surface area contributed by atoms with Crippen molar-refractivity contribution in [2.45, 2.75) is 33.5 Å². The fraction of sp³-hybridized carbons (Fsp3) is 0.571. The molecular formula is C14H20O2. The zero-order valence-corrected chi connectivity index (χ0v) is 10.5. The Kier molecular flexibility index (Phi) is 2.81. The highest BCUT2D eigenvalue weighted by atomic mass is 16.7. The Labute approximate surface area is 97.6 Å². The van der Waals surface area contributed by atoms with Crippen LogP contribution in [-0.4, -0.2) is 13.2 Å². The smallest absolute Gasteiger partial charge is 0.199 e. The number of hydrogen-bond acceptors (Lipinski definition) is 2. The van der Waals surface area contributed by atoms with E-state index in [2.05, 4.69) is 52.0 Å². The Morgan fingerprint density at radius 1 is 1.12 bits per heavy atom. The van der Waals surface area contributed by atoms with Crippen molar-refractivity contribution in [3.05, 3.63) is 35.4 Å². The summed E-state index contributed by atoms with van der Waals surface area (Å²) in [7, 11) is 0. The van der Waals surface area contributed by atoms with Gasteiger partial charge in [0.2, 0.25) is 0 Å². The van der Waals surface area contributed by atoms with E-state index >= 15 is 0 Å². The summed E-state index contributed by atoms with van der Waals surface area (Å²) in [5, 5.41) is 0. The summed E-state index contributed by atoms with van der Waals surface area (Å²) in [5.41, 5.74) is 2.29. The van der Waals surface area contributed by atoms with E-state index in [1.54, 1.807) is 0 Å². The monoisotopic (exact) mass is 220 g/mol. The molecule has 1 aliphatic heterocycles. The molecular weight excluding hydrogens is 200 g/mol. The predicted molar refractivity (Wildman–Crippen MR) is 64.2 cm³/mol. The quantitative estimate of drug-likeness (QED) is 0.723. The van der Waals surface area contributed by atoms with Crippen molar-refractivity contribution in [1.29, 1.82) is 0 Å². The van der Waals surface area contributed by atoms with E-state index in [1.807, 2.05) is 0 Å². The van der Waals surface area contributed by atoms with Gasteiger partial charge < -0.3 is 9.47 Å². The van der Waals surface area contributed by atoms with Crippen molar-refractivity contribution in [2.75, 3.05) is 13.2 Å². The van der Waals surface area contributed by atoms with Crippen LogP contribution in [0.1, 0.15) is 31.9 Å². The fourth-order valence-electron chi connectivity index (χ4n) is 2.29. The molecule has 2 nitrogen and oxygen atoms in total. The molecule has 1 fully saturated rings. The second kappa shape index (κ2) is 3.86. The molecule has 1 aliphatic rings. The molecule has 1 heterocycles. The summed E-state index contributed by atoms with van der Waals surface area (Å²) >= 11 is 0. The second-order valence-corrected chi connectivity index (χ2v) is 5.43. The molecule has 0 atom stereocenters. The van der Waals surface area contributed by atoms with Crippen LogP contribution in [0.5, 0.6) is 0 Å². The van der Waals surface area contributed by atoms with Gasteiger partial charge in [-0.2, -0.15) is 0 Å². The van der Waals surface area contributed by atoms with Gasteiger partial charge >= 0.3 is 0 Å². The molecule has 0 aliphatic carbocycles. The van der Waals surface area contributed by atoms with Crippen LogP contribution >= 0.6 is 0 Å². The van der Waals surface area contributed by atoms with Crippen LogP contribution < -0.4 is 0 Å². The molecule has 88 valence electrons. The Balaban J connectivity index is 2.48. The van der Waals surface area contributed by atoms with E-state index in [0.29, 0.717) is 13.2 Å². The van der Waals surface area contributed by atoms with E-state index < -0.39 is 5.79 Å². The lowest BCUT2D eigenvalue weighted by Crippen LogP contribution is -2.41. The van der Waals surface area contributed by atoms with Gasteiger partial charge in [-0.05, 0) is 6.92 Å². The van der Waals surface area contributed by atoms with Crippen LogP contribution in [0.3, 0.4) is 0 Å². The number of benzene rings is 1. The van der Waals surface area contributed by atoms with Gasteiger partial charge in [0.05, 0.1) is 13.2 Å². The molecule has 1 saturated heterocycles. The molecule has 0 aromatic heterocycles. The van der Waals surface area contributed by atoms with Crippen LogP contribution in [0.4, 0.5) is 0 Å².